The average Bonchev–Trinajstić information content (AvgIpc) is 3.37. The van der Waals surface area contributed by atoms with E-state index in [-0.39, 0.29) is 48.0 Å². The first-order chi connectivity index (χ1) is 14.2. The molecule has 0 saturated heterocycles. The van der Waals surface area contributed by atoms with Gasteiger partial charge in [-0.15, -0.1) is 23.5 Å². The predicted octanol–water partition coefficient (Wildman–Crippen LogP) is -2.34. The Bertz CT molecular complexity index is 1020. The molecule has 0 unspecified atom stereocenters. The number of thioether (sulfide) groups is 2. The van der Waals surface area contributed by atoms with Gasteiger partial charge in [0.15, 0.2) is 24.8 Å². The van der Waals surface area contributed by atoms with E-state index < -0.39 is 0 Å². The van der Waals surface area contributed by atoms with Crippen molar-refractivity contribution in [1.82, 2.24) is 17.5 Å². The molecule has 6 nitrogen and oxygen atoms in total. The number of aromatic nitrogens is 6. The lowest BCUT2D eigenvalue weighted by Gasteiger charge is -2.02. The summed E-state index contributed by atoms with van der Waals surface area (Å²) in [6, 6.07) is 8.23. The van der Waals surface area contributed by atoms with E-state index in [2.05, 4.69) is 42.0 Å². The SMILES string of the molecule is C[n+]1cccc(-c2nsnc2SCCCSc2nsnc2-c2ccc[n+](C)c2)c1.[I-].[I-]. The Hall–Kier alpha value is -0.420. The van der Waals surface area contributed by atoms with Gasteiger partial charge in [0.1, 0.15) is 35.5 Å². The van der Waals surface area contributed by atoms with Gasteiger partial charge in [0.05, 0.1) is 34.6 Å². The number of pyridine rings is 2. The molecule has 0 aliphatic heterocycles. The quantitative estimate of drug-likeness (QED) is 0.0884. The van der Waals surface area contributed by atoms with Crippen molar-refractivity contribution in [1.29, 1.82) is 0 Å². The summed E-state index contributed by atoms with van der Waals surface area (Å²) < 4.78 is 22.0. The molecule has 0 N–H and O–H groups in total. The van der Waals surface area contributed by atoms with Crippen LogP contribution in [0, 0.1) is 0 Å². The van der Waals surface area contributed by atoms with Crippen LogP contribution in [0.4, 0.5) is 0 Å². The van der Waals surface area contributed by atoms with Crippen LogP contribution in [-0.2, 0) is 14.1 Å². The van der Waals surface area contributed by atoms with Gasteiger partial charge in [-0.3, -0.25) is 0 Å². The monoisotopic (exact) mass is 714 g/mol. The van der Waals surface area contributed by atoms with E-state index in [1.54, 1.807) is 23.5 Å². The van der Waals surface area contributed by atoms with Crippen LogP contribution in [-0.4, -0.2) is 29.0 Å². The fourth-order valence-electron chi connectivity index (χ4n) is 2.76. The topological polar surface area (TPSA) is 59.3 Å². The van der Waals surface area contributed by atoms with Crippen molar-refractivity contribution >= 4 is 47.0 Å². The van der Waals surface area contributed by atoms with Gasteiger partial charge >= 0.3 is 0 Å². The van der Waals surface area contributed by atoms with E-state index in [0.29, 0.717) is 0 Å². The summed E-state index contributed by atoms with van der Waals surface area (Å²) in [5, 5.41) is 2.03. The van der Waals surface area contributed by atoms with Crippen molar-refractivity contribution < 1.29 is 57.1 Å². The van der Waals surface area contributed by atoms with Crippen molar-refractivity contribution in [3.05, 3.63) is 49.1 Å². The second-order valence-electron chi connectivity index (χ2n) is 6.40. The molecule has 0 aromatic carbocycles. The molecule has 0 radical (unpaired) electrons. The van der Waals surface area contributed by atoms with E-state index in [1.165, 1.54) is 23.5 Å². The molecule has 0 aliphatic rings. The van der Waals surface area contributed by atoms with Crippen LogP contribution in [0.15, 0.2) is 59.1 Å². The van der Waals surface area contributed by atoms with E-state index in [0.717, 1.165) is 50.5 Å². The van der Waals surface area contributed by atoms with E-state index in [9.17, 15) is 0 Å². The lowest BCUT2D eigenvalue weighted by molar-refractivity contribution is -0.671. The molecule has 4 heterocycles. The number of aryl methyl sites for hydroxylation is 2. The van der Waals surface area contributed by atoms with Gasteiger partial charge in [-0.1, -0.05) is 0 Å². The molecule has 0 spiro atoms. The number of halogens is 2. The molecule has 0 bridgehead atoms. The Labute approximate surface area is 233 Å². The van der Waals surface area contributed by atoms with Crippen molar-refractivity contribution in [2.75, 3.05) is 11.5 Å². The van der Waals surface area contributed by atoms with Gasteiger partial charge < -0.3 is 48.0 Å². The lowest BCUT2D eigenvalue weighted by Crippen LogP contribution is -3.00. The van der Waals surface area contributed by atoms with Crippen molar-refractivity contribution in [3.8, 4) is 22.5 Å². The molecule has 164 valence electrons. The van der Waals surface area contributed by atoms with Crippen molar-refractivity contribution in [2.24, 2.45) is 14.1 Å². The zero-order valence-electron chi connectivity index (χ0n) is 16.8. The van der Waals surface area contributed by atoms with Gasteiger partial charge in [0.25, 0.3) is 0 Å². The second kappa shape index (κ2) is 13.3. The van der Waals surface area contributed by atoms with Crippen LogP contribution in [0.25, 0.3) is 22.5 Å². The molecule has 4 aromatic rings. The predicted molar refractivity (Wildman–Crippen MR) is 119 cm³/mol. The minimum Gasteiger partial charge on any atom is -1.00 e. The maximum Gasteiger partial charge on any atom is 0.178 e. The summed E-state index contributed by atoms with van der Waals surface area (Å²) in [7, 11) is 4.04. The third kappa shape index (κ3) is 7.28. The van der Waals surface area contributed by atoms with Gasteiger partial charge in [-0.05, 0) is 18.6 Å². The van der Waals surface area contributed by atoms with Gasteiger partial charge in [-0.25, -0.2) is 9.13 Å². The molecule has 0 fully saturated rings. The maximum atomic E-state index is 4.49. The van der Waals surface area contributed by atoms with Gasteiger partial charge in [-0.2, -0.15) is 17.5 Å². The molecule has 31 heavy (non-hydrogen) atoms. The largest absolute Gasteiger partial charge is 1.00 e. The fraction of sp³-hybridized carbons (Fsp3) is 0.263. The zero-order chi connectivity index (χ0) is 20.1. The summed E-state index contributed by atoms with van der Waals surface area (Å²) in [4.78, 5) is 0. The molecular weight excluding hydrogens is 694 g/mol. The average molecular weight is 714 g/mol. The van der Waals surface area contributed by atoms with Crippen LogP contribution in [0.3, 0.4) is 0 Å². The number of rotatable bonds is 8. The third-order valence-electron chi connectivity index (χ3n) is 4.11. The van der Waals surface area contributed by atoms with Crippen LogP contribution in [0.5, 0.6) is 0 Å². The van der Waals surface area contributed by atoms with Crippen molar-refractivity contribution in [2.45, 2.75) is 16.5 Å². The number of nitrogens with zero attached hydrogens (tertiary/aromatic N) is 6. The second-order valence-corrected chi connectivity index (χ2v) is 9.63. The molecule has 0 saturated carbocycles. The van der Waals surface area contributed by atoms with E-state index >= 15 is 0 Å². The summed E-state index contributed by atoms with van der Waals surface area (Å²) in [6.07, 6.45) is 9.26. The third-order valence-corrected chi connectivity index (χ3v) is 7.50. The van der Waals surface area contributed by atoms with Crippen LogP contribution in [0.1, 0.15) is 6.42 Å². The first-order valence-electron chi connectivity index (χ1n) is 9.03. The Balaban J connectivity index is 0.00000171. The molecule has 4 aromatic heterocycles. The van der Waals surface area contributed by atoms with Crippen LogP contribution in [0.2, 0.25) is 0 Å². The van der Waals surface area contributed by atoms with Gasteiger partial charge in [0.2, 0.25) is 0 Å². The molecular formula is C19H20I2N6S4. The Kier molecular flexibility index (Phi) is 11.5. The highest BCUT2D eigenvalue weighted by molar-refractivity contribution is 8.00. The molecule has 0 aliphatic carbocycles. The Morgan fingerprint density at radius 2 is 1.19 bits per heavy atom. The summed E-state index contributed by atoms with van der Waals surface area (Å²) >= 11 is 6.09. The molecule has 4 rings (SSSR count). The highest BCUT2D eigenvalue weighted by atomic mass is 127. The van der Waals surface area contributed by atoms with Crippen LogP contribution < -0.4 is 57.1 Å². The van der Waals surface area contributed by atoms with Crippen LogP contribution >= 0.6 is 47.0 Å². The highest BCUT2D eigenvalue weighted by Gasteiger charge is 2.15. The maximum absolute atomic E-state index is 4.49. The minimum absolute atomic E-state index is 0. The number of hydrogen-bond donors (Lipinski definition) is 0. The normalized spacial score (nSPS) is 10.4. The lowest BCUT2D eigenvalue weighted by atomic mass is 10.2. The fourth-order valence-corrected chi connectivity index (χ4v) is 6.19. The van der Waals surface area contributed by atoms with E-state index in [1.807, 2.05) is 47.8 Å². The first-order valence-corrected chi connectivity index (χ1v) is 12.5. The summed E-state index contributed by atoms with van der Waals surface area (Å²) in [6.45, 7) is 0. The minimum atomic E-state index is 0. The Morgan fingerprint density at radius 1 is 0.742 bits per heavy atom. The van der Waals surface area contributed by atoms with Crippen molar-refractivity contribution in [3.63, 3.8) is 0 Å². The highest BCUT2D eigenvalue weighted by Crippen LogP contribution is 2.32. The first kappa shape index (κ1) is 26.8. The van der Waals surface area contributed by atoms with E-state index in [4.69, 9.17) is 0 Å². The molecule has 0 amide bonds. The zero-order valence-corrected chi connectivity index (χ0v) is 24.4. The Morgan fingerprint density at radius 3 is 1.61 bits per heavy atom. The summed E-state index contributed by atoms with van der Waals surface area (Å²) in [5.41, 5.74) is 4.17. The molecule has 12 heteroatoms. The smallest absolute Gasteiger partial charge is 0.178 e. The number of hydrogen-bond acceptors (Lipinski definition) is 8. The van der Waals surface area contributed by atoms with Gasteiger partial charge in [0, 0.05) is 23.6 Å². The standard InChI is InChI=1S/C19H20N6S4.2HI/c1-24-8-3-6-14(12-24)16-18(22-28-20-16)26-10-5-11-27-19-17(21-29-23-19)15-7-4-9-25(2)13-15;;/h3-4,6-9,12-13H,5,10-11H2,1-2H3;2*1H/q+2;;/p-2. The summed E-state index contributed by atoms with van der Waals surface area (Å²) in [5.74, 6) is 2.00. The molecule has 0 atom stereocenters.